The van der Waals surface area contributed by atoms with E-state index in [-0.39, 0.29) is 6.42 Å². The van der Waals surface area contributed by atoms with Gasteiger partial charge in [-0.05, 0) is 30.9 Å². The first kappa shape index (κ1) is 15.0. The zero-order chi connectivity index (χ0) is 14.4. The van der Waals surface area contributed by atoms with Crippen molar-refractivity contribution in [1.29, 1.82) is 0 Å². The largest absolute Gasteiger partial charge is 0.481 e. The van der Waals surface area contributed by atoms with Crippen molar-refractivity contribution in [3.8, 4) is 0 Å². The molecule has 0 unspecified atom stereocenters. The number of carboxylic acids is 1. The van der Waals surface area contributed by atoms with Gasteiger partial charge in [-0.1, -0.05) is 24.3 Å². The minimum Gasteiger partial charge on any atom is -0.481 e. The molecule has 4 heteroatoms. The second kappa shape index (κ2) is 7.41. The Balaban J connectivity index is 1.92. The number of hydrogen-bond acceptors (Lipinski definition) is 3. The standard InChI is InChI=1S/C16H23NO3/c1-2-20-15-7-9-17(10-8-15)12-14-6-4-3-5-13(14)11-16(18)19/h3-6,15H,2,7-12H2,1H3,(H,18,19). The van der Waals surface area contributed by atoms with E-state index in [2.05, 4.69) is 4.90 Å². The minimum absolute atomic E-state index is 0.103. The number of benzene rings is 1. The number of carbonyl (C=O) groups is 1. The number of piperidine rings is 1. The van der Waals surface area contributed by atoms with E-state index in [1.54, 1.807) is 0 Å². The van der Waals surface area contributed by atoms with Gasteiger partial charge in [0, 0.05) is 26.2 Å². The van der Waals surface area contributed by atoms with Gasteiger partial charge in [-0.25, -0.2) is 0 Å². The summed E-state index contributed by atoms with van der Waals surface area (Å²) in [5.41, 5.74) is 2.05. The molecule has 1 N–H and O–H groups in total. The van der Waals surface area contributed by atoms with Crippen LogP contribution in [-0.2, 0) is 22.5 Å². The molecule has 0 aliphatic carbocycles. The van der Waals surface area contributed by atoms with Crippen molar-refractivity contribution in [1.82, 2.24) is 4.90 Å². The normalized spacial score (nSPS) is 17.2. The Morgan fingerprint density at radius 3 is 2.55 bits per heavy atom. The monoisotopic (exact) mass is 277 g/mol. The van der Waals surface area contributed by atoms with E-state index >= 15 is 0 Å². The molecule has 0 amide bonds. The van der Waals surface area contributed by atoms with Gasteiger partial charge in [0.15, 0.2) is 0 Å². The lowest BCUT2D eigenvalue weighted by atomic mass is 10.0. The van der Waals surface area contributed by atoms with Gasteiger partial charge in [0.25, 0.3) is 0 Å². The van der Waals surface area contributed by atoms with Crippen molar-refractivity contribution in [3.05, 3.63) is 35.4 Å². The van der Waals surface area contributed by atoms with Gasteiger partial charge >= 0.3 is 5.97 Å². The highest BCUT2D eigenvalue weighted by Gasteiger charge is 2.20. The molecule has 1 heterocycles. The molecule has 0 saturated carbocycles. The van der Waals surface area contributed by atoms with Crippen LogP contribution in [0.4, 0.5) is 0 Å². The lowest BCUT2D eigenvalue weighted by Crippen LogP contribution is -2.36. The highest BCUT2D eigenvalue weighted by Crippen LogP contribution is 2.18. The van der Waals surface area contributed by atoms with E-state index in [0.29, 0.717) is 6.10 Å². The van der Waals surface area contributed by atoms with Gasteiger partial charge in [0.2, 0.25) is 0 Å². The summed E-state index contributed by atoms with van der Waals surface area (Å²) in [5.74, 6) is -0.771. The Bertz CT molecular complexity index is 439. The summed E-state index contributed by atoms with van der Waals surface area (Å²) in [6.07, 6.45) is 2.63. The van der Waals surface area contributed by atoms with E-state index < -0.39 is 5.97 Å². The summed E-state index contributed by atoms with van der Waals surface area (Å²) in [6, 6.07) is 7.83. The maximum Gasteiger partial charge on any atom is 0.307 e. The quantitative estimate of drug-likeness (QED) is 0.867. The molecular weight excluding hydrogens is 254 g/mol. The molecule has 1 aliphatic rings. The fourth-order valence-electron chi connectivity index (χ4n) is 2.76. The van der Waals surface area contributed by atoms with Crippen LogP contribution >= 0.6 is 0 Å². The van der Waals surface area contributed by atoms with Crippen LogP contribution in [0.2, 0.25) is 0 Å². The predicted octanol–water partition coefficient (Wildman–Crippen LogP) is 2.31. The highest BCUT2D eigenvalue weighted by atomic mass is 16.5. The number of hydrogen-bond donors (Lipinski definition) is 1. The van der Waals surface area contributed by atoms with Crippen molar-refractivity contribution >= 4 is 5.97 Å². The van der Waals surface area contributed by atoms with Crippen LogP contribution < -0.4 is 0 Å². The van der Waals surface area contributed by atoms with Crippen molar-refractivity contribution in [2.75, 3.05) is 19.7 Å². The summed E-state index contributed by atoms with van der Waals surface area (Å²) in [5, 5.41) is 8.96. The lowest BCUT2D eigenvalue weighted by Gasteiger charge is -2.32. The Labute approximate surface area is 120 Å². The molecule has 110 valence electrons. The molecule has 0 atom stereocenters. The van der Waals surface area contributed by atoms with Crippen molar-refractivity contribution < 1.29 is 14.6 Å². The zero-order valence-corrected chi connectivity index (χ0v) is 12.0. The molecule has 1 fully saturated rings. The first-order chi connectivity index (χ1) is 9.69. The Morgan fingerprint density at radius 2 is 1.95 bits per heavy atom. The molecule has 0 bridgehead atoms. The third-order valence-corrected chi connectivity index (χ3v) is 3.79. The second-order valence-electron chi connectivity index (χ2n) is 5.27. The molecule has 4 nitrogen and oxygen atoms in total. The van der Waals surface area contributed by atoms with Gasteiger partial charge < -0.3 is 9.84 Å². The van der Waals surface area contributed by atoms with E-state index in [4.69, 9.17) is 9.84 Å². The van der Waals surface area contributed by atoms with Gasteiger partial charge in [-0.3, -0.25) is 9.69 Å². The summed E-state index contributed by atoms with van der Waals surface area (Å²) in [4.78, 5) is 13.3. The fraction of sp³-hybridized carbons (Fsp3) is 0.562. The maximum atomic E-state index is 10.9. The Hall–Kier alpha value is -1.39. The summed E-state index contributed by atoms with van der Waals surface area (Å²) in [7, 11) is 0. The summed E-state index contributed by atoms with van der Waals surface area (Å²) in [6.45, 7) is 5.70. The van der Waals surface area contributed by atoms with E-state index in [1.165, 1.54) is 0 Å². The van der Waals surface area contributed by atoms with Crippen molar-refractivity contribution in [2.45, 2.75) is 38.8 Å². The van der Waals surface area contributed by atoms with Crippen LogP contribution in [0.5, 0.6) is 0 Å². The summed E-state index contributed by atoms with van der Waals surface area (Å²) < 4.78 is 5.65. The van der Waals surface area contributed by atoms with Gasteiger partial charge in [0.05, 0.1) is 12.5 Å². The predicted molar refractivity (Wildman–Crippen MR) is 77.7 cm³/mol. The molecule has 0 radical (unpaired) electrons. The van der Waals surface area contributed by atoms with Crippen LogP contribution in [0.3, 0.4) is 0 Å². The zero-order valence-electron chi connectivity index (χ0n) is 12.0. The molecule has 1 saturated heterocycles. The van der Waals surface area contributed by atoms with Crippen LogP contribution in [0.15, 0.2) is 24.3 Å². The molecule has 1 aromatic rings. The highest BCUT2D eigenvalue weighted by molar-refractivity contribution is 5.70. The molecule has 2 rings (SSSR count). The topological polar surface area (TPSA) is 49.8 Å². The Kier molecular flexibility index (Phi) is 5.56. The van der Waals surface area contributed by atoms with E-state index in [9.17, 15) is 4.79 Å². The number of carboxylic acid groups (broad SMARTS) is 1. The molecule has 1 aromatic carbocycles. The minimum atomic E-state index is -0.771. The van der Waals surface area contributed by atoms with Crippen LogP contribution in [0.1, 0.15) is 30.9 Å². The first-order valence-corrected chi connectivity index (χ1v) is 7.31. The Morgan fingerprint density at radius 1 is 1.30 bits per heavy atom. The lowest BCUT2D eigenvalue weighted by molar-refractivity contribution is -0.136. The number of ether oxygens (including phenoxy) is 1. The smallest absolute Gasteiger partial charge is 0.307 e. The molecule has 1 aliphatic heterocycles. The molecule has 0 spiro atoms. The molecular formula is C16H23NO3. The molecule has 0 aromatic heterocycles. The third-order valence-electron chi connectivity index (χ3n) is 3.79. The first-order valence-electron chi connectivity index (χ1n) is 7.31. The number of aliphatic carboxylic acids is 1. The second-order valence-corrected chi connectivity index (χ2v) is 5.27. The van der Waals surface area contributed by atoms with Crippen molar-refractivity contribution in [2.24, 2.45) is 0 Å². The summed E-state index contributed by atoms with van der Waals surface area (Å²) >= 11 is 0. The van der Waals surface area contributed by atoms with Crippen LogP contribution in [0, 0.1) is 0 Å². The maximum absolute atomic E-state index is 10.9. The molecule has 20 heavy (non-hydrogen) atoms. The van der Waals surface area contributed by atoms with E-state index in [1.807, 2.05) is 31.2 Å². The average Bonchev–Trinajstić information content (AvgIpc) is 2.43. The van der Waals surface area contributed by atoms with Gasteiger partial charge in [0.1, 0.15) is 0 Å². The van der Waals surface area contributed by atoms with Crippen molar-refractivity contribution in [3.63, 3.8) is 0 Å². The van der Waals surface area contributed by atoms with Crippen LogP contribution in [0.25, 0.3) is 0 Å². The fourth-order valence-corrected chi connectivity index (χ4v) is 2.76. The average molecular weight is 277 g/mol. The number of likely N-dealkylation sites (tertiary alicyclic amines) is 1. The third kappa shape index (κ3) is 4.32. The van der Waals surface area contributed by atoms with Gasteiger partial charge in [-0.15, -0.1) is 0 Å². The van der Waals surface area contributed by atoms with Crippen LogP contribution in [-0.4, -0.2) is 41.8 Å². The number of rotatable bonds is 6. The number of nitrogens with zero attached hydrogens (tertiary/aromatic N) is 1. The SMILES string of the molecule is CCOC1CCN(Cc2ccccc2CC(=O)O)CC1. The van der Waals surface area contributed by atoms with E-state index in [0.717, 1.165) is 50.2 Å². The van der Waals surface area contributed by atoms with Gasteiger partial charge in [-0.2, -0.15) is 0 Å².